The molecular formula is C11H18N2O5S2. The fraction of sp³-hybridized carbons (Fsp3) is 0.545. The van der Waals surface area contributed by atoms with Crippen LogP contribution in [0.15, 0.2) is 12.7 Å². The number of aliphatic carboxylic acids is 2. The van der Waals surface area contributed by atoms with E-state index in [1.54, 1.807) is 0 Å². The summed E-state index contributed by atoms with van der Waals surface area (Å²) in [6.07, 6.45) is 1.07. The van der Waals surface area contributed by atoms with Gasteiger partial charge in [-0.25, -0.2) is 0 Å². The van der Waals surface area contributed by atoms with Gasteiger partial charge in [0, 0.05) is 5.75 Å². The van der Waals surface area contributed by atoms with Crippen molar-refractivity contribution < 1.29 is 24.6 Å². The second kappa shape index (κ2) is 9.81. The van der Waals surface area contributed by atoms with Gasteiger partial charge in [-0.1, -0.05) is 28.2 Å². The highest BCUT2D eigenvalue weighted by Crippen LogP contribution is 2.30. The van der Waals surface area contributed by atoms with Crippen LogP contribution in [0.25, 0.3) is 0 Å². The van der Waals surface area contributed by atoms with E-state index in [0.717, 1.165) is 27.7 Å². The first-order valence-electron chi connectivity index (χ1n) is 5.63. The molecule has 0 bridgehead atoms. The molecule has 7 nitrogen and oxygen atoms in total. The third kappa shape index (κ3) is 5.95. The zero-order valence-electron chi connectivity index (χ0n) is 11.2. The van der Waals surface area contributed by atoms with Crippen molar-refractivity contribution in [3.63, 3.8) is 0 Å². The molecule has 4 N–H and O–H groups in total. The first-order valence-corrected chi connectivity index (χ1v) is 8.01. The quantitative estimate of drug-likeness (QED) is 0.304. The molecule has 0 aromatic carbocycles. The molecule has 114 valence electrons. The molecule has 0 saturated heterocycles. The van der Waals surface area contributed by atoms with Gasteiger partial charge in [-0.3, -0.25) is 14.4 Å². The van der Waals surface area contributed by atoms with Crippen molar-refractivity contribution in [2.45, 2.75) is 17.3 Å². The van der Waals surface area contributed by atoms with Gasteiger partial charge in [0.1, 0.15) is 17.3 Å². The molecule has 0 aliphatic heterocycles. The Morgan fingerprint density at radius 2 is 1.80 bits per heavy atom. The monoisotopic (exact) mass is 322 g/mol. The highest BCUT2D eigenvalue weighted by Gasteiger charge is 2.32. The summed E-state index contributed by atoms with van der Waals surface area (Å²) in [7, 11) is 5.12. The number of carbonyl (C=O) groups excluding carboxylic acids is 1. The second-order valence-electron chi connectivity index (χ2n) is 3.69. The Labute approximate surface area is 125 Å². The summed E-state index contributed by atoms with van der Waals surface area (Å²) in [5, 5.41) is 22.2. The van der Waals surface area contributed by atoms with Crippen LogP contribution in [-0.4, -0.2) is 65.1 Å². The summed E-state index contributed by atoms with van der Waals surface area (Å²) in [5.41, 5.74) is 0. The molecule has 0 aromatic rings. The Balaban J connectivity index is 4.67. The number of hydrogen-bond donors (Lipinski definition) is 4. The zero-order chi connectivity index (χ0) is 15.7. The van der Waals surface area contributed by atoms with E-state index in [1.165, 1.54) is 14.1 Å². The van der Waals surface area contributed by atoms with Gasteiger partial charge in [0.25, 0.3) is 0 Å². The zero-order valence-corrected chi connectivity index (χ0v) is 12.8. The molecule has 3 atom stereocenters. The standard InChI is InChI=1S/C11H18N2O5S2/c1-4-7(14)9(8(13-3)11(17)18)20-19-5-6(12-2)10(15)16/h4,6,8-9,12-13H,1,5H2,2-3H3,(H,15,16)(H,17,18)/t6-,8-,9?/m0/s1. The first-order chi connectivity index (χ1) is 9.38. The Bertz CT molecular complexity index is 378. The summed E-state index contributed by atoms with van der Waals surface area (Å²) < 4.78 is 0. The fourth-order valence-electron chi connectivity index (χ4n) is 1.25. The van der Waals surface area contributed by atoms with E-state index in [-0.39, 0.29) is 5.75 Å². The summed E-state index contributed by atoms with van der Waals surface area (Å²) >= 11 is 0. The van der Waals surface area contributed by atoms with Crippen molar-refractivity contribution in [3.8, 4) is 0 Å². The second-order valence-corrected chi connectivity index (χ2v) is 6.25. The van der Waals surface area contributed by atoms with E-state index in [9.17, 15) is 14.4 Å². The normalized spacial score (nSPS) is 15.1. The van der Waals surface area contributed by atoms with Crippen molar-refractivity contribution in [3.05, 3.63) is 12.7 Å². The smallest absolute Gasteiger partial charge is 0.322 e. The van der Waals surface area contributed by atoms with Crippen LogP contribution in [0.3, 0.4) is 0 Å². The molecule has 0 fully saturated rings. The van der Waals surface area contributed by atoms with Crippen LogP contribution < -0.4 is 10.6 Å². The van der Waals surface area contributed by atoms with E-state index >= 15 is 0 Å². The number of carbonyl (C=O) groups is 3. The lowest BCUT2D eigenvalue weighted by Gasteiger charge is -2.20. The number of rotatable bonds is 11. The minimum atomic E-state index is -1.15. The van der Waals surface area contributed by atoms with Crippen LogP contribution in [0, 0.1) is 0 Å². The molecule has 0 saturated carbocycles. The van der Waals surface area contributed by atoms with Gasteiger partial charge < -0.3 is 20.8 Å². The van der Waals surface area contributed by atoms with E-state index in [2.05, 4.69) is 17.2 Å². The average molecular weight is 322 g/mol. The molecule has 0 spiro atoms. The average Bonchev–Trinajstić information content (AvgIpc) is 2.40. The minimum absolute atomic E-state index is 0.202. The van der Waals surface area contributed by atoms with Gasteiger partial charge >= 0.3 is 11.9 Å². The summed E-state index contributed by atoms with van der Waals surface area (Å²) in [6.45, 7) is 3.35. The number of carboxylic acid groups (broad SMARTS) is 2. The molecule has 9 heteroatoms. The van der Waals surface area contributed by atoms with Crippen molar-refractivity contribution in [1.29, 1.82) is 0 Å². The van der Waals surface area contributed by atoms with Crippen molar-refractivity contribution in [2.75, 3.05) is 19.8 Å². The SMILES string of the molecule is C=CC(=O)C(SSC[C@H](NC)C(=O)O)[C@H](NC)C(=O)O. The van der Waals surface area contributed by atoms with Crippen molar-refractivity contribution >= 4 is 39.3 Å². The van der Waals surface area contributed by atoms with Gasteiger partial charge in [0.05, 0.1) is 0 Å². The van der Waals surface area contributed by atoms with Gasteiger partial charge in [0.15, 0.2) is 5.78 Å². The highest BCUT2D eigenvalue weighted by molar-refractivity contribution is 8.77. The summed E-state index contributed by atoms with van der Waals surface area (Å²) in [6, 6.07) is -1.82. The lowest BCUT2D eigenvalue weighted by Crippen LogP contribution is -2.45. The maximum atomic E-state index is 11.7. The molecule has 1 unspecified atom stereocenters. The van der Waals surface area contributed by atoms with Crippen LogP contribution in [-0.2, 0) is 14.4 Å². The Hall–Kier alpha value is -1.03. The lowest BCUT2D eigenvalue weighted by atomic mass is 10.1. The van der Waals surface area contributed by atoms with E-state index in [0.29, 0.717) is 0 Å². The number of nitrogens with one attached hydrogen (secondary N) is 2. The Morgan fingerprint density at radius 3 is 2.15 bits per heavy atom. The fourth-order valence-corrected chi connectivity index (χ4v) is 4.17. The lowest BCUT2D eigenvalue weighted by molar-refractivity contribution is -0.140. The highest BCUT2D eigenvalue weighted by atomic mass is 33.1. The van der Waals surface area contributed by atoms with E-state index in [1.807, 2.05) is 0 Å². The summed E-state index contributed by atoms with van der Waals surface area (Å²) in [4.78, 5) is 33.6. The topological polar surface area (TPSA) is 116 Å². The third-order valence-electron chi connectivity index (χ3n) is 2.41. The van der Waals surface area contributed by atoms with Crippen molar-refractivity contribution in [1.82, 2.24) is 10.6 Å². The predicted octanol–water partition coefficient (Wildman–Crippen LogP) is -0.163. The molecule has 0 aromatic heterocycles. The van der Waals surface area contributed by atoms with E-state index in [4.69, 9.17) is 10.2 Å². The van der Waals surface area contributed by atoms with Gasteiger partial charge in [-0.2, -0.15) is 0 Å². The molecule has 0 heterocycles. The Kier molecular flexibility index (Phi) is 9.30. The molecule has 0 aliphatic rings. The molecular weight excluding hydrogens is 304 g/mol. The van der Waals surface area contributed by atoms with Gasteiger partial charge in [-0.15, -0.1) is 0 Å². The Morgan fingerprint density at radius 1 is 1.20 bits per heavy atom. The van der Waals surface area contributed by atoms with Crippen LogP contribution in [0.2, 0.25) is 0 Å². The van der Waals surface area contributed by atoms with Gasteiger partial charge in [0.2, 0.25) is 0 Å². The number of ketones is 1. The molecule has 20 heavy (non-hydrogen) atoms. The number of hydrogen-bond acceptors (Lipinski definition) is 7. The molecule has 0 rings (SSSR count). The molecule has 0 radical (unpaired) electrons. The predicted molar refractivity (Wildman–Crippen MR) is 80.0 cm³/mol. The summed E-state index contributed by atoms with van der Waals surface area (Å²) in [5.74, 6) is -2.37. The third-order valence-corrected chi connectivity index (χ3v) is 5.17. The maximum Gasteiger partial charge on any atom is 0.322 e. The number of allylic oxidation sites excluding steroid dienone is 1. The van der Waals surface area contributed by atoms with Gasteiger partial charge in [-0.05, 0) is 20.2 Å². The largest absolute Gasteiger partial charge is 0.480 e. The number of likely N-dealkylation sites (N-methyl/N-ethyl adjacent to an activating group) is 2. The van der Waals surface area contributed by atoms with Crippen LogP contribution in [0.4, 0.5) is 0 Å². The van der Waals surface area contributed by atoms with Crippen LogP contribution in [0.5, 0.6) is 0 Å². The molecule has 0 aliphatic carbocycles. The molecule has 0 amide bonds. The first kappa shape index (κ1) is 19.0. The van der Waals surface area contributed by atoms with Crippen LogP contribution in [0.1, 0.15) is 0 Å². The maximum absolute atomic E-state index is 11.7. The van der Waals surface area contributed by atoms with Crippen LogP contribution >= 0.6 is 21.6 Å². The van der Waals surface area contributed by atoms with Crippen molar-refractivity contribution in [2.24, 2.45) is 0 Å². The minimum Gasteiger partial charge on any atom is -0.480 e. The van der Waals surface area contributed by atoms with E-state index < -0.39 is 35.1 Å². The number of carboxylic acids is 2.